The maximum Gasteiger partial charge on any atom is 0.311 e. The summed E-state index contributed by atoms with van der Waals surface area (Å²) in [6.45, 7) is 3.05. The lowest BCUT2D eigenvalue weighted by Crippen LogP contribution is -2.23. The third-order valence-electron chi connectivity index (χ3n) is 3.31. The van der Waals surface area contributed by atoms with Crippen LogP contribution in [0.3, 0.4) is 0 Å². The number of aliphatic imine (C=N–C) groups is 1. The van der Waals surface area contributed by atoms with Crippen molar-refractivity contribution in [1.29, 1.82) is 0 Å². The molecule has 2 aliphatic rings. The molecule has 1 unspecified atom stereocenters. The highest BCUT2D eigenvalue weighted by molar-refractivity contribution is 8.16. The van der Waals surface area contributed by atoms with Gasteiger partial charge in [0.1, 0.15) is 0 Å². The van der Waals surface area contributed by atoms with E-state index in [1.807, 2.05) is 30.5 Å². The van der Waals surface area contributed by atoms with E-state index in [1.54, 1.807) is 11.8 Å². The van der Waals surface area contributed by atoms with Gasteiger partial charge in [-0.25, -0.2) is 0 Å². The van der Waals surface area contributed by atoms with Crippen molar-refractivity contribution in [3.05, 3.63) is 47.0 Å². The zero-order valence-corrected chi connectivity index (χ0v) is 12.1. The molecule has 20 heavy (non-hydrogen) atoms. The molecule has 5 heteroatoms. The van der Waals surface area contributed by atoms with E-state index >= 15 is 0 Å². The number of fused-ring (bicyclic) bond motifs is 1. The van der Waals surface area contributed by atoms with Crippen LogP contribution in [0.25, 0.3) is 0 Å². The van der Waals surface area contributed by atoms with Crippen LogP contribution in [0.4, 0.5) is 0 Å². The molecule has 0 fully saturated rings. The van der Waals surface area contributed by atoms with E-state index in [-0.39, 0.29) is 12.0 Å². The molecule has 2 heterocycles. The lowest BCUT2D eigenvalue weighted by atomic mass is 10.1. The predicted molar refractivity (Wildman–Crippen MR) is 80.2 cm³/mol. The van der Waals surface area contributed by atoms with Crippen molar-refractivity contribution < 1.29 is 9.53 Å². The van der Waals surface area contributed by atoms with Crippen molar-refractivity contribution in [3.63, 3.8) is 0 Å². The summed E-state index contributed by atoms with van der Waals surface area (Å²) in [5, 5.41) is 2.98. The van der Waals surface area contributed by atoms with E-state index < -0.39 is 0 Å². The summed E-state index contributed by atoms with van der Waals surface area (Å²) in [6, 6.07) is 10.4. The topological polar surface area (TPSA) is 41.9 Å². The zero-order valence-electron chi connectivity index (χ0n) is 11.3. The van der Waals surface area contributed by atoms with Gasteiger partial charge in [-0.15, -0.1) is 0 Å². The fraction of sp³-hybridized carbons (Fsp3) is 0.333. The molecule has 1 atom stereocenters. The van der Waals surface area contributed by atoms with Crippen LogP contribution in [0, 0.1) is 0 Å². The fourth-order valence-electron chi connectivity index (χ4n) is 2.37. The second-order valence-electron chi connectivity index (χ2n) is 4.66. The van der Waals surface area contributed by atoms with Crippen molar-refractivity contribution in [2.24, 2.45) is 4.99 Å². The molecule has 1 aromatic rings. The molecule has 0 aliphatic carbocycles. The number of carbonyl (C=O) groups is 1. The van der Waals surface area contributed by atoms with Gasteiger partial charge in [0.15, 0.2) is 5.17 Å². The van der Waals surface area contributed by atoms with Crippen LogP contribution < -0.4 is 0 Å². The standard InChI is InChI=1S/C15H16N2O2S/c1-2-19-14(18)8-12-10-20-15-16-13(9-17(12)15)11-6-4-3-5-7-11/h3-7,10,13H,2,8-9H2,1H3. The highest BCUT2D eigenvalue weighted by Gasteiger charge is 2.33. The lowest BCUT2D eigenvalue weighted by Gasteiger charge is -2.17. The van der Waals surface area contributed by atoms with E-state index in [0.717, 1.165) is 17.4 Å². The second kappa shape index (κ2) is 5.71. The van der Waals surface area contributed by atoms with Crippen molar-refractivity contribution >= 4 is 22.9 Å². The van der Waals surface area contributed by atoms with Crippen molar-refractivity contribution in [1.82, 2.24) is 4.90 Å². The Kier molecular flexibility index (Phi) is 3.78. The van der Waals surface area contributed by atoms with Gasteiger partial charge in [-0.2, -0.15) is 0 Å². The van der Waals surface area contributed by atoms with Crippen LogP contribution in [0.1, 0.15) is 24.9 Å². The average Bonchev–Trinajstić information content (AvgIpc) is 3.02. The highest BCUT2D eigenvalue weighted by Crippen LogP contribution is 2.37. The molecule has 0 radical (unpaired) electrons. The first kappa shape index (κ1) is 13.2. The van der Waals surface area contributed by atoms with Crippen LogP contribution in [-0.4, -0.2) is 29.2 Å². The number of ether oxygens (including phenoxy) is 1. The Hall–Kier alpha value is -1.75. The van der Waals surface area contributed by atoms with Gasteiger partial charge in [0.2, 0.25) is 0 Å². The number of esters is 1. The first-order valence-electron chi connectivity index (χ1n) is 6.69. The zero-order chi connectivity index (χ0) is 13.9. The van der Waals surface area contributed by atoms with Gasteiger partial charge in [0.05, 0.1) is 25.6 Å². The largest absolute Gasteiger partial charge is 0.466 e. The molecule has 0 saturated carbocycles. The first-order valence-corrected chi connectivity index (χ1v) is 7.57. The summed E-state index contributed by atoms with van der Waals surface area (Å²) in [7, 11) is 0. The minimum absolute atomic E-state index is 0.157. The Morgan fingerprint density at radius 2 is 2.25 bits per heavy atom. The molecule has 0 bridgehead atoms. The van der Waals surface area contributed by atoms with Gasteiger partial charge >= 0.3 is 5.97 Å². The Labute approximate surface area is 122 Å². The Morgan fingerprint density at radius 3 is 3.00 bits per heavy atom. The van der Waals surface area contributed by atoms with Crippen molar-refractivity contribution in [3.8, 4) is 0 Å². The predicted octanol–water partition coefficient (Wildman–Crippen LogP) is 2.94. The monoisotopic (exact) mass is 288 g/mol. The quantitative estimate of drug-likeness (QED) is 0.799. The third-order valence-corrected chi connectivity index (χ3v) is 4.24. The summed E-state index contributed by atoms with van der Waals surface area (Å²) < 4.78 is 5.01. The van der Waals surface area contributed by atoms with Gasteiger partial charge in [-0.05, 0) is 17.9 Å². The van der Waals surface area contributed by atoms with Gasteiger partial charge in [0, 0.05) is 5.70 Å². The number of hydrogen-bond donors (Lipinski definition) is 0. The van der Waals surface area contributed by atoms with Crippen LogP contribution in [0.15, 0.2) is 46.4 Å². The van der Waals surface area contributed by atoms with E-state index in [0.29, 0.717) is 13.0 Å². The van der Waals surface area contributed by atoms with Crippen LogP contribution in [0.2, 0.25) is 0 Å². The molecule has 2 aliphatic heterocycles. The molecule has 3 rings (SSSR count). The summed E-state index contributed by atoms with van der Waals surface area (Å²) >= 11 is 1.59. The maximum absolute atomic E-state index is 11.6. The minimum Gasteiger partial charge on any atom is -0.466 e. The van der Waals surface area contributed by atoms with Crippen LogP contribution in [-0.2, 0) is 9.53 Å². The number of thioether (sulfide) groups is 1. The number of carbonyl (C=O) groups excluding carboxylic acids is 1. The van der Waals surface area contributed by atoms with Crippen molar-refractivity contribution in [2.75, 3.05) is 13.2 Å². The number of nitrogens with zero attached hydrogens (tertiary/aromatic N) is 2. The Bertz CT molecular complexity index is 568. The number of hydrogen-bond acceptors (Lipinski definition) is 5. The highest BCUT2D eigenvalue weighted by atomic mass is 32.2. The first-order chi connectivity index (χ1) is 9.78. The summed E-state index contributed by atoms with van der Waals surface area (Å²) in [5.41, 5.74) is 2.20. The molecule has 0 spiro atoms. The molecule has 0 N–H and O–H groups in total. The minimum atomic E-state index is -0.177. The van der Waals surface area contributed by atoms with Gasteiger partial charge < -0.3 is 9.64 Å². The molecule has 1 aromatic carbocycles. The average molecular weight is 288 g/mol. The molecule has 4 nitrogen and oxygen atoms in total. The summed E-state index contributed by atoms with van der Waals surface area (Å²) in [4.78, 5) is 18.4. The maximum atomic E-state index is 11.6. The van der Waals surface area contributed by atoms with Gasteiger partial charge in [-0.1, -0.05) is 42.1 Å². The lowest BCUT2D eigenvalue weighted by molar-refractivity contribution is -0.142. The van der Waals surface area contributed by atoms with E-state index in [2.05, 4.69) is 17.0 Å². The second-order valence-corrected chi connectivity index (χ2v) is 5.49. The smallest absolute Gasteiger partial charge is 0.311 e. The number of rotatable bonds is 4. The van der Waals surface area contributed by atoms with Crippen LogP contribution in [0.5, 0.6) is 0 Å². The van der Waals surface area contributed by atoms with Crippen LogP contribution >= 0.6 is 11.8 Å². The van der Waals surface area contributed by atoms with E-state index in [1.165, 1.54) is 5.56 Å². The molecule has 0 amide bonds. The Morgan fingerprint density at radius 1 is 1.45 bits per heavy atom. The summed E-state index contributed by atoms with van der Waals surface area (Å²) in [6.07, 6.45) is 0.321. The molecular formula is C15H16N2O2S. The van der Waals surface area contributed by atoms with E-state index in [4.69, 9.17) is 9.73 Å². The fourth-order valence-corrected chi connectivity index (χ4v) is 3.32. The molecular weight excluding hydrogens is 272 g/mol. The Balaban J connectivity index is 1.68. The number of benzene rings is 1. The SMILES string of the molecule is CCOC(=O)CC1=CSC2=NC(c3ccccc3)CN12. The number of amidine groups is 1. The van der Waals surface area contributed by atoms with Gasteiger partial charge in [-0.3, -0.25) is 9.79 Å². The third kappa shape index (κ3) is 2.58. The van der Waals surface area contributed by atoms with Gasteiger partial charge in [0.25, 0.3) is 0 Å². The molecule has 0 aromatic heterocycles. The summed E-state index contributed by atoms with van der Waals surface area (Å²) in [5.74, 6) is -0.177. The molecule has 0 saturated heterocycles. The van der Waals surface area contributed by atoms with E-state index in [9.17, 15) is 4.79 Å². The molecule has 104 valence electrons. The van der Waals surface area contributed by atoms with Crippen molar-refractivity contribution in [2.45, 2.75) is 19.4 Å². The normalized spacial score (nSPS) is 20.4.